The molecule has 0 aliphatic carbocycles. The summed E-state index contributed by atoms with van der Waals surface area (Å²) in [6.07, 6.45) is 0. The number of nitrogens with one attached hydrogen (secondary N) is 1. The molecule has 0 atom stereocenters. The summed E-state index contributed by atoms with van der Waals surface area (Å²) in [5.74, 6) is 0.836. The maximum Gasteiger partial charge on any atom is 0.195 e. The predicted molar refractivity (Wildman–Crippen MR) is 73.9 cm³/mol. The van der Waals surface area contributed by atoms with Crippen LogP contribution in [0.15, 0.2) is 30.3 Å². The van der Waals surface area contributed by atoms with E-state index in [1.54, 1.807) is 0 Å². The average molecular weight is 256 g/mol. The van der Waals surface area contributed by atoms with Crippen LogP contribution < -0.4 is 0 Å². The topological polar surface area (TPSA) is 46.5 Å². The van der Waals surface area contributed by atoms with Crippen LogP contribution in [0, 0.1) is 11.7 Å². The summed E-state index contributed by atoms with van der Waals surface area (Å²) < 4.78 is 2.48. The Morgan fingerprint density at radius 2 is 2.06 bits per heavy atom. The molecule has 18 heavy (non-hydrogen) atoms. The minimum absolute atomic E-state index is 0.618. The normalized spacial score (nSPS) is 11.0. The van der Waals surface area contributed by atoms with Crippen molar-refractivity contribution in [2.75, 3.05) is 0 Å². The Hall–Kier alpha value is -2.01. The third kappa shape index (κ3) is 1.73. The third-order valence-corrected chi connectivity index (χ3v) is 3.33. The lowest BCUT2D eigenvalue weighted by atomic mass is 10.1. The van der Waals surface area contributed by atoms with E-state index in [1.807, 2.05) is 36.7 Å². The number of rotatable bonds is 1. The van der Waals surface area contributed by atoms with Gasteiger partial charge in [0.05, 0.1) is 5.52 Å². The Balaban J connectivity index is 2.22. The van der Waals surface area contributed by atoms with Crippen molar-refractivity contribution < 1.29 is 0 Å². The van der Waals surface area contributed by atoms with Gasteiger partial charge < -0.3 is 4.57 Å². The molecule has 0 spiro atoms. The van der Waals surface area contributed by atoms with Gasteiger partial charge in [-0.15, -0.1) is 0 Å². The highest BCUT2D eigenvalue weighted by Crippen LogP contribution is 2.21. The van der Waals surface area contributed by atoms with Gasteiger partial charge in [-0.05, 0) is 43.4 Å². The average Bonchev–Trinajstić information content (AvgIpc) is 2.69. The number of aryl methyl sites for hydroxylation is 1. The van der Waals surface area contributed by atoms with Crippen LogP contribution >= 0.6 is 12.2 Å². The first-order chi connectivity index (χ1) is 8.65. The van der Waals surface area contributed by atoms with Gasteiger partial charge >= 0.3 is 0 Å². The van der Waals surface area contributed by atoms with Gasteiger partial charge in [-0.2, -0.15) is 5.10 Å². The lowest BCUT2D eigenvalue weighted by molar-refractivity contribution is 0.902. The highest BCUT2D eigenvalue weighted by Gasteiger charge is 2.06. The van der Waals surface area contributed by atoms with Gasteiger partial charge in [0.2, 0.25) is 0 Å². The summed E-state index contributed by atoms with van der Waals surface area (Å²) in [5.41, 5.74) is 3.05. The van der Waals surface area contributed by atoms with Gasteiger partial charge in [-0.25, -0.2) is 0 Å². The number of pyridine rings is 1. The third-order valence-electron chi connectivity index (χ3n) is 2.97. The molecule has 2 aromatic heterocycles. The zero-order valence-electron chi connectivity index (χ0n) is 10.1. The molecule has 0 bridgehead atoms. The second kappa shape index (κ2) is 4.03. The van der Waals surface area contributed by atoms with Crippen molar-refractivity contribution in [1.82, 2.24) is 19.7 Å². The number of hydrogen-bond donors (Lipinski definition) is 1. The SMILES string of the molecule is Cc1ccc2cc(-c3n[nH]c(=S)n3C)ccc2n1. The van der Waals surface area contributed by atoms with E-state index < -0.39 is 0 Å². The zero-order chi connectivity index (χ0) is 12.7. The van der Waals surface area contributed by atoms with Crippen LogP contribution in [0.3, 0.4) is 0 Å². The first-order valence-corrected chi connectivity index (χ1v) is 6.05. The monoisotopic (exact) mass is 256 g/mol. The van der Waals surface area contributed by atoms with Crippen molar-refractivity contribution in [1.29, 1.82) is 0 Å². The fraction of sp³-hybridized carbons (Fsp3) is 0.154. The van der Waals surface area contributed by atoms with Crippen molar-refractivity contribution in [2.45, 2.75) is 6.92 Å². The number of benzene rings is 1. The smallest absolute Gasteiger partial charge is 0.195 e. The van der Waals surface area contributed by atoms with E-state index in [-0.39, 0.29) is 0 Å². The van der Waals surface area contributed by atoms with Gasteiger partial charge in [0.15, 0.2) is 10.6 Å². The van der Waals surface area contributed by atoms with E-state index in [2.05, 4.69) is 27.3 Å². The number of nitrogens with zero attached hydrogens (tertiary/aromatic N) is 3. The molecule has 2 heterocycles. The molecule has 0 aliphatic heterocycles. The summed E-state index contributed by atoms with van der Waals surface area (Å²) >= 11 is 5.12. The summed E-state index contributed by atoms with van der Waals surface area (Å²) in [6, 6.07) is 10.2. The van der Waals surface area contributed by atoms with Gasteiger partial charge in [0.25, 0.3) is 0 Å². The van der Waals surface area contributed by atoms with Crippen LogP contribution in [0.1, 0.15) is 5.69 Å². The highest BCUT2D eigenvalue weighted by atomic mass is 32.1. The van der Waals surface area contributed by atoms with E-state index in [0.717, 1.165) is 28.0 Å². The van der Waals surface area contributed by atoms with Gasteiger partial charge in [-0.3, -0.25) is 10.1 Å². The summed E-state index contributed by atoms with van der Waals surface area (Å²) in [5, 5.41) is 8.13. The summed E-state index contributed by atoms with van der Waals surface area (Å²) in [6.45, 7) is 1.99. The molecule has 90 valence electrons. The van der Waals surface area contributed by atoms with Gasteiger partial charge in [0, 0.05) is 23.7 Å². The minimum Gasteiger partial charge on any atom is -0.303 e. The van der Waals surface area contributed by atoms with Crippen molar-refractivity contribution in [3.05, 3.63) is 40.8 Å². The number of aromatic nitrogens is 4. The Morgan fingerprint density at radius 3 is 2.78 bits per heavy atom. The Labute approximate surface area is 109 Å². The minimum atomic E-state index is 0.618. The van der Waals surface area contributed by atoms with Crippen molar-refractivity contribution in [2.24, 2.45) is 7.05 Å². The van der Waals surface area contributed by atoms with E-state index in [9.17, 15) is 0 Å². The van der Waals surface area contributed by atoms with Gasteiger partial charge in [-0.1, -0.05) is 6.07 Å². The summed E-state index contributed by atoms with van der Waals surface area (Å²) in [4.78, 5) is 4.48. The molecule has 0 aliphatic rings. The van der Waals surface area contributed by atoms with Crippen LogP contribution in [0.4, 0.5) is 0 Å². The predicted octanol–water partition coefficient (Wildman–Crippen LogP) is 3.00. The van der Waals surface area contributed by atoms with Crippen molar-refractivity contribution in [3.8, 4) is 11.4 Å². The van der Waals surface area contributed by atoms with Crippen LogP contribution in [-0.4, -0.2) is 19.7 Å². The molecule has 5 heteroatoms. The first kappa shape index (κ1) is 11.1. The molecule has 0 unspecified atom stereocenters. The van der Waals surface area contributed by atoms with E-state index in [1.165, 1.54) is 0 Å². The molecule has 0 saturated heterocycles. The van der Waals surface area contributed by atoms with E-state index in [4.69, 9.17) is 12.2 Å². The van der Waals surface area contributed by atoms with Gasteiger partial charge in [0.1, 0.15) is 0 Å². The van der Waals surface area contributed by atoms with Crippen molar-refractivity contribution >= 4 is 23.1 Å². The fourth-order valence-corrected chi connectivity index (χ4v) is 2.10. The number of fused-ring (bicyclic) bond motifs is 1. The molecule has 4 nitrogen and oxygen atoms in total. The molecule has 1 N–H and O–H groups in total. The lowest BCUT2D eigenvalue weighted by Gasteiger charge is -2.03. The standard InChI is InChI=1S/C13H12N4S/c1-8-3-4-9-7-10(5-6-11(9)14-8)12-15-16-13(18)17(12)2/h3-7H,1-2H3,(H,16,18). The van der Waals surface area contributed by atoms with E-state index >= 15 is 0 Å². The van der Waals surface area contributed by atoms with Crippen LogP contribution in [0.25, 0.3) is 22.3 Å². The zero-order valence-corrected chi connectivity index (χ0v) is 11.0. The summed E-state index contributed by atoms with van der Waals surface area (Å²) in [7, 11) is 1.90. The van der Waals surface area contributed by atoms with Crippen LogP contribution in [0.2, 0.25) is 0 Å². The van der Waals surface area contributed by atoms with Crippen LogP contribution in [0.5, 0.6) is 0 Å². The molecule has 0 saturated carbocycles. The molecule has 0 fully saturated rings. The molecule has 0 radical (unpaired) electrons. The molecule has 3 aromatic rings. The quantitative estimate of drug-likeness (QED) is 0.681. The maximum absolute atomic E-state index is 5.12. The second-order valence-corrected chi connectivity index (χ2v) is 4.66. The Kier molecular flexibility index (Phi) is 2.48. The highest BCUT2D eigenvalue weighted by molar-refractivity contribution is 7.71. The molecule has 1 aromatic carbocycles. The molecular weight excluding hydrogens is 244 g/mol. The second-order valence-electron chi connectivity index (χ2n) is 4.27. The molecular formula is C13H12N4S. The Morgan fingerprint density at radius 1 is 1.22 bits per heavy atom. The Bertz CT molecular complexity index is 785. The number of H-pyrrole nitrogens is 1. The van der Waals surface area contributed by atoms with Crippen LogP contribution in [-0.2, 0) is 7.05 Å². The maximum atomic E-state index is 5.12. The molecule has 3 rings (SSSR count). The fourth-order valence-electron chi connectivity index (χ4n) is 1.97. The number of aromatic amines is 1. The number of hydrogen-bond acceptors (Lipinski definition) is 3. The lowest BCUT2D eigenvalue weighted by Crippen LogP contribution is -1.93. The molecule has 0 amide bonds. The first-order valence-electron chi connectivity index (χ1n) is 5.64. The van der Waals surface area contributed by atoms with Crippen molar-refractivity contribution in [3.63, 3.8) is 0 Å². The van der Waals surface area contributed by atoms with E-state index in [0.29, 0.717) is 4.77 Å². The largest absolute Gasteiger partial charge is 0.303 e.